The molecule has 2 rings (SSSR count). The molecule has 2 aromatic rings. The van der Waals surface area contributed by atoms with Crippen molar-refractivity contribution in [2.75, 3.05) is 6.54 Å². The first-order chi connectivity index (χ1) is 10.0. The molecule has 0 aliphatic rings. The first-order valence-corrected chi connectivity index (χ1v) is 7.07. The van der Waals surface area contributed by atoms with Gasteiger partial charge < -0.3 is 10.4 Å². The molecule has 1 aromatic carbocycles. The van der Waals surface area contributed by atoms with Gasteiger partial charge in [0.15, 0.2) is 0 Å². The molecule has 0 fully saturated rings. The number of nitrogens with zero attached hydrogens (tertiary/aromatic N) is 2. The lowest BCUT2D eigenvalue weighted by Gasteiger charge is -2.14. The first-order valence-electron chi connectivity index (χ1n) is 7.07. The molecule has 0 radical (unpaired) electrons. The molecule has 5 nitrogen and oxygen atoms in total. The number of rotatable bonds is 5. The zero-order valence-electron chi connectivity index (χ0n) is 12.6. The fraction of sp³-hybridized carbons (Fsp3) is 0.375. The Hall–Kier alpha value is -2.14. The fourth-order valence-electron chi connectivity index (χ4n) is 2.34. The lowest BCUT2D eigenvalue weighted by Crippen LogP contribution is -2.29. The minimum absolute atomic E-state index is 0.182. The summed E-state index contributed by atoms with van der Waals surface area (Å²) in [4.78, 5) is 12.2. The maximum Gasteiger partial charge on any atom is 0.254 e. The van der Waals surface area contributed by atoms with Crippen LogP contribution < -0.4 is 5.32 Å². The second-order valence-corrected chi connectivity index (χ2v) is 5.10. The monoisotopic (exact) mass is 287 g/mol. The number of aliphatic hydroxyl groups excluding tert-OH is 1. The number of hydrogen-bond donors (Lipinski definition) is 2. The molecule has 1 aromatic heterocycles. The third-order valence-corrected chi connectivity index (χ3v) is 3.49. The quantitative estimate of drug-likeness (QED) is 0.880. The van der Waals surface area contributed by atoms with Gasteiger partial charge in [-0.2, -0.15) is 5.10 Å². The lowest BCUT2D eigenvalue weighted by atomic mass is 10.0. The number of benzene rings is 1. The van der Waals surface area contributed by atoms with Crippen LogP contribution in [0, 0.1) is 6.92 Å². The predicted octanol–water partition coefficient (Wildman–Crippen LogP) is 1.75. The zero-order valence-corrected chi connectivity index (χ0v) is 12.6. The second kappa shape index (κ2) is 6.54. The molecular formula is C16H21N3O2. The van der Waals surface area contributed by atoms with Crippen molar-refractivity contribution in [2.24, 2.45) is 7.05 Å². The second-order valence-electron chi connectivity index (χ2n) is 5.10. The van der Waals surface area contributed by atoms with Crippen LogP contribution in [0.5, 0.6) is 0 Å². The van der Waals surface area contributed by atoms with Crippen LogP contribution in [-0.4, -0.2) is 27.3 Å². The van der Waals surface area contributed by atoms with E-state index in [2.05, 4.69) is 10.4 Å². The molecular weight excluding hydrogens is 266 g/mol. The maximum atomic E-state index is 12.2. The van der Waals surface area contributed by atoms with Crippen molar-refractivity contribution in [3.05, 3.63) is 52.8 Å². The molecule has 0 spiro atoms. The molecule has 0 bridgehead atoms. The van der Waals surface area contributed by atoms with E-state index in [0.717, 1.165) is 16.8 Å². The minimum atomic E-state index is -0.711. The summed E-state index contributed by atoms with van der Waals surface area (Å²) in [7, 11) is 1.79. The van der Waals surface area contributed by atoms with E-state index in [1.807, 2.05) is 38.1 Å². The number of aliphatic hydroxyl groups is 1. The van der Waals surface area contributed by atoms with E-state index >= 15 is 0 Å². The third kappa shape index (κ3) is 3.49. The van der Waals surface area contributed by atoms with Crippen LogP contribution in [-0.2, 0) is 13.5 Å². The molecule has 0 aliphatic heterocycles. The number of nitrogens with one attached hydrogen (secondary N) is 1. The van der Waals surface area contributed by atoms with E-state index in [4.69, 9.17) is 0 Å². The Labute approximate surface area is 124 Å². The first kappa shape index (κ1) is 15.3. The van der Waals surface area contributed by atoms with Crippen molar-refractivity contribution < 1.29 is 9.90 Å². The molecule has 0 saturated carbocycles. The van der Waals surface area contributed by atoms with Crippen LogP contribution in [0.1, 0.15) is 40.2 Å². The topological polar surface area (TPSA) is 67.2 Å². The van der Waals surface area contributed by atoms with E-state index in [1.165, 1.54) is 0 Å². The number of amides is 1. The normalized spacial score (nSPS) is 12.2. The third-order valence-electron chi connectivity index (χ3n) is 3.49. The smallest absolute Gasteiger partial charge is 0.254 e. The van der Waals surface area contributed by atoms with Gasteiger partial charge in [0.25, 0.3) is 5.91 Å². The lowest BCUT2D eigenvalue weighted by molar-refractivity contribution is 0.0915. The van der Waals surface area contributed by atoms with Crippen LogP contribution in [0.25, 0.3) is 0 Å². The van der Waals surface area contributed by atoms with Crippen LogP contribution in [0.15, 0.2) is 30.5 Å². The highest BCUT2D eigenvalue weighted by atomic mass is 16.3. The number of hydrogen-bond acceptors (Lipinski definition) is 3. The molecule has 2 N–H and O–H groups in total. The van der Waals surface area contributed by atoms with Crippen molar-refractivity contribution in [3.63, 3.8) is 0 Å². The summed E-state index contributed by atoms with van der Waals surface area (Å²) in [5, 5.41) is 17.2. The molecule has 1 heterocycles. The summed E-state index contributed by atoms with van der Waals surface area (Å²) in [6, 6.07) is 7.61. The largest absolute Gasteiger partial charge is 0.387 e. The van der Waals surface area contributed by atoms with Gasteiger partial charge >= 0.3 is 0 Å². The Morgan fingerprint density at radius 2 is 2.14 bits per heavy atom. The maximum absolute atomic E-state index is 12.2. The van der Waals surface area contributed by atoms with Crippen LogP contribution >= 0.6 is 0 Å². The van der Waals surface area contributed by atoms with Gasteiger partial charge in [0.1, 0.15) is 0 Å². The summed E-state index contributed by atoms with van der Waals surface area (Å²) in [6.45, 7) is 4.08. The van der Waals surface area contributed by atoms with Gasteiger partial charge in [-0.3, -0.25) is 9.48 Å². The van der Waals surface area contributed by atoms with Crippen molar-refractivity contribution >= 4 is 5.91 Å². The molecule has 1 amide bonds. The van der Waals surface area contributed by atoms with Gasteiger partial charge in [-0.1, -0.05) is 31.2 Å². The van der Waals surface area contributed by atoms with Gasteiger partial charge in [-0.25, -0.2) is 0 Å². The van der Waals surface area contributed by atoms with Gasteiger partial charge in [0.2, 0.25) is 0 Å². The Balaban J connectivity index is 2.02. The van der Waals surface area contributed by atoms with E-state index in [1.54, 1.807) is 17.9 Å². The Morgan fingerprint density at radius 1 is 1.43 bits per heavy atom. The van der Waals surface area contributed by atoms with Gasteiger partial charge in [0, 0.05) is 19.8 Å². The summed E-state index contributed by atoms with van der Waals surface area (Å²) in [6.07, 6.45) is 1.69. The molecule has 21 heavy (non-hydrogen) atoms. The Bertz CT molecular complexity index is 634. The molecule has 0 aliphatic carbocycles. The molecule has 5 heteroatoms. The molecule has 112 valence electrons. The average molecular weight is 287 g/mol. The molecule has 1 atom stereocenters. The van der Waals surface area contributed by atoms with Crippen molar-refractivity contribution in [1.82, 2.24) is 15.1 Å². The predicted molar refractivity (Wildman–Crippen MR) is 81.1 cm³/mol. The van der Waals surface area contributed by atoms with Crippen molar-refractivity contribution in [1.29, 1.82) is 0 Å². The summed E-state index contributed by atoms with van der Waals surface area (Å²) in [5.74, 6) is -0.201. The van der Waals surface area contributed by atoms with Crippen LogP contribution in [0.4, 0.5) is 0 Å². The van der Waals surface area contributed by atoms with Crippen LogP contribution in [0.3, 0.4) is 0 Å². The number of carbonyl (C=O) groups excluding carboxylic acids is 1. The Kier molecular flexibility index (Phi) is 4.75. The van der Waals surface area contributed by atoms with Gasteiger partial charge in [-0.05, 0) is 24.5 Å². The highest BCUT2D eigenvalue weighted by Crippen LogP contribution is 2.16. The Morgan fingerprint density at radius 3 is 2.81 bits per heavy atom. The van der Waals surface area contributed by atoms with Crippen molar-refractivity contribution in [3.8, 4) is 0 Å². The summed E-state index contributed by atoms with van der Waals surface area (Å²) >= 11 is 0. The summed E-state index contributed by atoms with van der Waals surface area (Å²) in [5.41, 5.74) is 3.17. The van der Waals surface area contributed by atoms with E-state index < -0.39 is 6.10 Å². The van der Waals surface area contributed by atoms with Gasteiger partial charge in [0.05, 0.1) is 17.4 Å². The number of aromatic nitrogens is 2. The minimum Gasteiger partial charge on any atom is -0.387 e. The highest BCUT2D eigenvalue weighted by molar-refractivity contribution is 5.95. The molecule has 1 unspecified atom stereocenters. The standard InChI is InChI=1S/C16H21N3O2/c1-4-14-13(10-19(3)18-14)16(21)17-9-15(20)12-8-6-5-7-11(12)2/h5-8,10,15,20H,4,9H2,1-3H3,(H,17,21). The van der Waals surface area contributed by atoms with Crippen molar-refractivity contribution in [2.45, 2.75) is 26.4 Å². The van der Waals surface area contributed by atoms with E-state index in [-0.39, 0.29) is 12.5 Å². The zero-order chi connectivity index (χ0) is 15.4. The summed E-state index contributed by atoms with van der Waals surface area (Å²) < 4.78 is 1.63. The molecule has 0 saturated heterocycles. The number of aryl methyl sites for hydroxylation is 3. The number of carbonyl (C=O) groups is 1. The SMILES string of the molecule is CCc1nn(C)cc1C(=O)NCC(O)c1ccccc1C. The van der Waals surface area contributed by atoms with E-state index in [9.17, 15) is 9.90 Å². The van der Waals surface area contributed by atoms with Crippen LogP contribution in [0.2, 0.25) is 0 Å². The fourth-order valence-corrected chi connectivity index (χ4v) is 2.34. The van der Waals surface area contributed by atoms with Gasteiger partial charge in [-0.15, -0.1) is 0 Å². The average Bonchev–Trinajstić information content (AvgIpc) is 2.86. The van der Waals surface area contributed by atoms with E-state index in [0.29, 0.717) is 12.0 Å². The highest BCUT2D eigenvalue weighted by Gasteiger charge is 2.16.